The van der Waals surface area contributed by atoms with E-state index < -0.39 is 11.7 Å². The van der Waals surface area contributed by atoms with E-state index in [4.69, 9.17) is 5.11 Å². The smallest absolute Gasteiger partial charge is 0.254 e. The molecule has 1 aromatic carbocycles. The van der Waals surface area contributed by atoms with Gasteiger partial charge in [-0.15, -0.1) is 0 Å². The molecule has 2 N–H and O–H groups in total. The number of phenolic OH excluding ortho intramolecular Hbond substituents is 1. The van der Waals surface area contributed by atoms with E-state index in [0.29, 0.717) is 5.69 Å². The molecule has 0 saturated carbocycles. The van der Waals surface area contributed by atoms with Crippen LogP contribution in [0.5, 0.6) is 5.75 Å². The van der Waals surface area contributed by atoms with Gasteiger partial charge in [0, 0.05) is 12.3 Å². The highest BCUT2D eigenvalue weighted by atomic mass is 19.1. The van der Waals surface area contributed by atoms with Crippen molar-refractivity contribution in [3.8, 4) is 5.75 Å². The molecule has 1 amide bonds. The number of nitrogens with zero attached hydrogens (tertiary/aromatic N) is 1. The Morgan fingerprint density at radius 1 is 1.37 bits per heavy atom. The number of aromatic nitrogens is 1. The molecule has 1 atom stereocenters. The van der Waals surface area contributed by atoms with Crippen LogP contribution in [0.1, 0.15) is 29.0 Å². The van der Waals surface area contributed by atoms with Crippen molar-refractivity contribution in [3.05, 3.63) is 59.7 Å². The molecule has 0 aliphatic heterocycles. The van der Waals surface area contributed by atoms with Crippen molar-refractivity contribution >= 4 is 5.91 Å². The van der Waals surface area contributed by atoms with Gasteiger partial charge in [0.25, 0.3) is 5.91 Å². The molecule has 0 saturated heterocycles. The molecule has 1 unspecified atom stereocenters. The average molecular weight is 260 g/mol. The Labute approximate surface area is 109 Å². The van der Waals surface area contributed by atoms with Crippen molar-refractivity contribution in [1.82, 2.24) is 10.3 Å². The number of halogens is 1. The highest BCUT2D eigenvalue weighted by molar-refractivity contribution is 5.94. The minimum atomic E-state index is -0.759. The second-order valence-electron chi connectivity index (χ2n) is 4.11. The third-order valence-corrected chi connectivity index (χ3v) is 2.68. The van der Waals surface area contributed by atoms with E-state index in [-0.39, 0.29) is 17.4 Å². The fraction of sp³-hybridized carbons (Fsp3) is 0.143. The van der Waals surface area contributed by atoms with E-state index in [1.54, 1.807) is 25.3 Å². The van der Waals surface area contributed by atoms with Crippen molar-refractivity contribution < 1.29 is 14.3 Å². The number of nitrogens with one attached hydrogen (secondary N) is 1. The number of carbonyl (C=O) groups is 1. The summed E-state index contributed by atoms with van der Waals surface area (Å²) in [5.41, 5.74) is 0.579. The molecule has 0 aliphatic rings. The summed E-state index contributed by atoms with van der Waals surface area (Å²) >= 11 is 0. The standard InChI is InChI=1S/C14H13FN2O2/c1-9(13-4-2-3-7-16-13)17-14(19)11-6-5-10(18)8-12(11)15/h2-9,18H,1H3,(H,17,19). The lowest BCUT2D eigenvalue weighted by atomic mass is 10.1. The number of amides is 1. The number of hydrogen-bond acceptors (Lipinski definition) is 3. The van der Waals surface area contributed by atoms with Crippen LogP contribution in [0, 0.1) is 5.82 Å². The van der Waals surface area contributed by atoms with Crippen molar-refractivity contribution in [1.29, 1.82) is 0 Å². The average Bonchev–Trinajstić information content (AvgIpc) is 2.39. The maximum atomic E-state index is 13.5. The highest BCUT2D eigenvalue weighted by Gasteiger charge is 2.15. The summed E-state index contributed by atoms with van der Waals surface area (Å²) in [5.74, 6) is -1.52. The van der Waals surface area contributed by atoms with Gasteiger partial charge in [-0.1, -0.05) is 6.07 Å². The van der Waals surface area contributed by atoms with Gasteiger partial charge in [0.05, 0.1) is 17.3 Å². The van der Waals surface area contributed by atoms with E-state index in [0.717, 1.165) is 6.07 Å². The zero-order valence-electron chi connectivity index (χ0n) is 10.3. The Kier molecular flexibility index (Phi) is 3.75. The summed E-state index contributed by atoms with van der Waals surface area (Å²) in [5, 5.41) is 11.7. The third-order valence-electron chi connectivity index (χ3n) is 2.68. The predicted octanol–water partition coefficient (Wildman–Crippen LogP) is 2.42. The zero-order chi connectivity index (χ0) is 13.8. The van der Waals surface area contributed by atoms with Crippen LogP contribution in [0.25, 0.3) is 0 Å². The van der Waals surface area contributed by atoms with Gasteiger partial charge in [0.15, 0.2) is 0 Å². The molecule has 0 radical (unpaired) electrons. The van der Waals surface area contributed by atoms with E-state index in [1.165, 1.54) is 12.1 Å². The van der Waals surface area contributed by atoms with Crippen LogP contribution in [0.15, 0.2) is 42.6 Å². The minimum absolute atomic E-state index is 0.111. The van der Waals surface area contributed by atoms with Gasteiger partial charge >= 0.3 is 0 Å². The minimum Gasteiger partial charge on any atom is -0.508 e. The monoisotopic (exact) mass is 260 g/mol. The Morgan fingerprint density at radius 2 is 2.16 bits per heavy atom. The largest absolute Gasteiger partial charge is 0.508 e. The lowest BCUT2D eigenvalue weighted by molar-refractivity contribution is 0.0935. The van der Waals surface area contributed by atoms with Crippen LogP contribution in [0.3, 0.4) is 0 Å². The van der Waals surface area contributed by atoms with Crippen LogP contribution in [-0.4, -0.2) is 16.0 Å². The number of benzene rings is 1. The van der Waals surface area contributed by atoms with Crippen molar-refractivity contribution in [2.24, 2.45) is 0 Å². The van der Waals surface area contributed by atoms with Crippen LogP contribution in [0.2, 0.25) is 0 Å². The first-order valence-corrected chi connectivity index (χ1v) is 5.78. The summed E-state index contributed by atoms with van der Waals surface area (Å²) in [7, 11) is 0. The maximum absolute atomic E-state index is 13.5. The van der Waals surface area contributed by atoms with Crippen molar-refractivity contribution in [3.63, 3.8) is 0 Å². The van der Waals surface area contributed by atoms with Crippen LogP contribution >= 0.6 is 0 Å². The summed E-state index contributed by atoms with van der Waals surface area (Å²) in [4.78, 5) is 16.0. The lowest BCUT2D eigenvalue weighted by Crippen LogP contribution is -2.27. The van der Waals surface area contributed by atoms with Gasteiger partial charge in [-0.3, -0.25) is 9.78 Å². The molecule has 0 spiro atoms. The number of phenols is 1. The Morgan fingerprint density at radius 3 is 2.79 bits per heavy atom. The topological polar surface area (TPSA) is 62.2 Å². The summed E-state index contributed by atoms with van der Waals surface area (Å²) < 4.78 is 13.5. The maximum Gasteiger partial charge on any atom is 0.254 e. The molecule has 2 aromatic rings. The molecule has 19 heavy (non-hydrogen) atoms. The van der Waals surface area contributed by atoms with E-state index >= 15 is 0 Å². The SMILES string of the molecule is CC(NC(=O)c1ccc(O)cc1F)c1ccccn1. The van der Waals surface area contributed by atoms with Gasteiger partial charge in [-0.2, -0.15) is 0 Å². The summed E-state index contributed by atoms with van der Waals surface area (Å²) in [6, 6.07) is 8.44. The predicted molar refractivity (Wildman–Crippen MR) is 68.2 cm³/mol. The fourth-order valence-corrected chi connectivity index (χ4v) is 1.67. The lowest BCUT2D eigenvalue weighted by Gasteiger charge is -2.13. The van der Waals surface area contributed by atoms with Crippen LogP contribution in [0.4, 0.5) is 4.39 Å². The van der Waals surface area contributed by atoms with E-state index in [9.17, 15) is 9.18 Å². The molecule has 1 heterocycles. The van der Waals surface area contributed by atoms with Gasteiger partial charge in [0.1, 0.15) is 11.6 Å². The Bertz CT molecular complexity index is 587. The quantitative estimate of drug-likeness (QED) is 0.890. The normalized spacial score (nSPS) is 11.9. The van der Waals surface area contributed by atoms with Gasteiger partial charge in [-0.25, -0.2) is 4.39 Å². The number of aromatic hydroxyl groups is 1. The van der Waals surface area contributed by atoms with Crippen molar-refractivity contribution in [2.45, 2.75) is 13.0 Å². The first kappa shape index (κ1) is 13.0. The van der Waals surface area contributed by atoms with Gasteiger partial charge < -0.3 is 10.4 Å². The number of rotatable bonds is 3. The highest BCUT2D eigenvalue weighted by Crippen LogP contribution is 2.16. The van der Waals surface area contributed by atoms with Gasteiger partial charge in [0.2, 0.25) is 0 Å². The zero-order valence-corrected chi connectivity index (χ0v) is 10.3. The van der Waals surface area contributed by atoms with Crippen molar-refractivity contribution in [2.75, 3.05) is 0 Å². The molecule has 98 valence electrons. The molecule has 1 aromatic heterocycles. The number of hydrogen-bond donors (Lipinski definition) is 2. The van der Waals surface area contributed by atoms with Crippen LogP contribution in [-0.2, 0) is 0 Å². The molecule has 2 rings (SSSR count). The Balaban J connectivity index is 2.13. The first-order valence-electron chi connectivity index (χ1n) is 5.78. The number of carbonyl (C=O) groups excluding carboxylic acids is 1. The molecular formula is C14H13FN2O2. The van der Waals surface area contributed by atoms with Gasteiger partial charge in [-0.05, 0) is 31.2 Å². The Hall–Kier alpha value is -2.43. The molecule has 5 heteroatoms. The molecular weight excluding hydrogens is 247 g/mol. The molecule has 0 fully saturated rings. The van der Waals surface area contributed by atoms with Crippen LogP contribution < -0.4 is 5.32 Å². The summed E-state index contributed by atoms with van der Waals surface area (Å²) in [6.45, 7) is 1.76. The number of pyridine rings is 1. The summed E-state index contributed by atoms with van der Waals surface area (Å²) in [6.07, 6.45) is 1.62. The molecule has 0 aliphatic carbocycles. The van der Waals surface area contributed by atoms with E-state index in [2.05, 4.69) is 10.3 Å². The van der Waals surface area contributed by atoms with E-state index in [1.807, 2.05) is 6.07 Å². The second-order valence-corrected chi connectivity index (χ2v) is 4.11. The second kappa shape index (κ2) is 5.48. The molecule has 0 bridgehead atoms. The fourth-order valence-electron chi connectivity index (χ4n) is 1.67. The first-order chi connectivity index (χ1) is 9.08. The molecule has 4 nitrogen and oxygen atoms in total. The third kappa shape index (κ3) is 3.07.